The van der Waals surface area contributed by atoms with E-state index in [1.807, 2.05) is 6.07 Å². The predicted molar refractivity (Wildman–Crippen MR) is 86.7 cm³/mol. The second-order valence-corrected chi connectivity index (χ2v) is 7.99. The van der Waals surface area contributed by atoms with E-state index >= 15 is 0 Å². The second kappa shape index (κ2) is 6.00. The Morgan fingerprint density at radius 2 is 2.26 bits per heavy atom. The highest BCUT2D eigenvalue weighted by Gasteiger charge is 2.38. The molecule has 23 heavy (non-hydrogen) atoms. The molecule has 2 heterocycles. The van der Waals surface area contributed by atoms with Crippen LogP contribution in [0.25, 0.3) is 0 Å². The predicted octanol–water partition coefficient (Wildman–Crippen LogP) is 1.89. The maximum atomic E-state index is 12.5. The number of amides is 1. The molecule has 3 atom stereocenters. The molecule has 0 spiro atoms. The molecule has 0 radical (unpaired) electrons. The van der Waals surface area contributed by atoms with E-state index in [0.717, 1.165) is 17.4 Å². The van der Waals surface area contributed by atoms with Crippen molar-refractivity contribution in [2.45, 2.75) is 60.2 Å². The average molecular weight is 334 g/mol. The van der Waals surface area contributed by atoms with Crippen molar-refractivity contribution in [2.75, 3.05) is 13.7 Å². The summed E-state index contributed by atoms with van der Waals surface area (Å²) in [6.07, 6.45) is 5.55. The van der Waals surface area contributed by atoms with Crippen LogP contribution >= 0.6 is 0 Å². The summed E-state index contributed by atoms with van der Waals surface area (Å²) in [5, 5.41) is 2.96. The van der Waals surface area contributed by atoms with Crippen molar-refractivity contribution >= 4 is 16.7 Å². The molecular formula is C17H22N2O3S. The molecule has 3 aliphatic rings. The fourth-order valence-corrected chi connectivity index (χ4v) is 4.82. The van der Waals surface area contributed by atoms with Crippen LogP contribution in [-0.2, 0) is 15.5 Å². The standard InChI is InChI=1S/C17H22N2O3S/c1-22-15(10-12-4-3-9-19(12)11-7-8-11)18-17(20)13-5-2-6-14-16(13)23(14)21/h2,5-6,11-12,15H,3-4,7-10H2,1H3,(H,18,20). The van der Waals surface area contributed by atoms with Crippen LogP contribution in [0.4, 0.5) is 0 Å². The van der Waals surface area contributed by atoms with Gasteiger partial charge in [-0.25, -0.2) is 4.21 Å². The minimum atomic E-state index is -1.08. The molecule has 0 bridgehead atoms. The van der Waals surface area contributed by atoms with E-state index in [0.29, 0.717) is 16.5 Å². The lowest BCUT2D eigenvalue weighted by molar-refractivity contribution is 0.0387. The molecular weight excluding hydrogens is 312 g/mol. The van der Waals surface area contributed by atoms with Gasteiger partial charge in [0.15, 0.2) is 0 Å². The molecule has 1 saturated carbocycles. The summed E-state index contributed by atoms with van der Waals surface area (Å²) >= 11 is 0. The van der Waals surface area contributed by atoms with Crippen molar-refractivity contribution in [2.24, 2.45) is 0 Å². The third-order valence-electron chi connectivity index (χ3n) is 5.07. The van der Waals surface area contributed by atoms with Crippen LogP contribution in [0.1, 0.15) is 42.5 Å². The number of rotatable bonds is 6. The third-order valence-corrected chi connectivity index (χ3v) is 6.41. The number of fused-ring (bicyclic) bond motifs is 1. The Morgan fingerprint density at radius 1 is 1.43 bits per heavy atom. The number of ether oxygens (including phenoxy) is 1. The smallest absolute Gasteiger partial charge is 0.254 e. The molecule has 1 amide bonds. The van der Waals surface area contributed by atoms with Gasteiger partial charge in [-0.15, -0.1) is 0 Å². The SMILES string of the molecule is COC(CC1CCCN1C1CC1)NC(=O)c1cccc2c1S2=O. The number of hydrogen-bond donors (Lipinski definition) is 1. The van der Waals surface area contributed by atoms with E-state index in [9.17, 15) is 9.00 Å². The fraction of sp³-hybridized carbons (Fsp3) is 0.588. The van der Waals surface area contributed by atoms with Gasteiger partial charge in [-0.05, 0) is 44.4 Å². The van der Waals surface area contributed by atoms with E-state index in [1.165, 1.54) is 32.2 Å². The molecule has 1 aromatic carbocycles. The summed E-state index contributed by atoms with van der Waals surface area (Å²) in [5.74, 6) is -0.185. The number of benzene rings is 1. The lowest BCUT2D eigenvalue weighted by Crippen LogP contribution is -2.42. The Morgan fingerprint density at radius 3 is 3.00 bits per heavy atom. The molecule has 1 aliphatic carbocycles. The first-order chi connectivity index (χ1) is 11.2. The van der Waals surface area contributed by atoms with E-state index in [4.69, 9.17) is 4.74 Å². The molecule has 1 saturated heterocycles. The van der Waals surface area contributed by atoms with Gasteiger partial charge in [-0.1, -0.05) is 6.07 Å². The Bertz CT molecular complexity index is 659. The first kappa shape index (κ1) is 15.3. The van der Waals surface area contributed by atoms with E-state index in [2.05, 4.69) is 10.2 Å². The molecule has 4 rings (SSSR count). The maximum absolute atomic E-state index is 12.5. The normalized spacial score (nSPS) is 27.5. The molecule has 124 valence electrons. The maximum Gasteiger partial charge on any atom is 0.254 e. The van der Waals surface area contributed by atoms with Crippen LogP contribution in [-0.4, -0.2) is 47.0 Å². The Labute approximate surface area is 138 Å². The van der Waals surface area contributed by atoms with E-state index in [1.54, 1.807) is 19.2 Å². The number of nitrogens with zero attached hydrogens (tertiary/aromatic N) is 1. The van der Waals surface area contributed by atoms with Gasteiger partial charge in [0.1, 0.15) is 6.23 Å². The summed E-state index contributed by atoms with van der Waals surface area (Å²) in [5.41, 5.74) is 0.522. The van der Waals surface area contributed by atoms with Crippen molar-refractivity contribution < 1.29 is 13.7 Å². The Balaban J connectivity index is 1.40. The van der Waals surface area contributed by atoms with Crippen LogP contribution in [0.15, 0.2) is 28.0 Å². The van der Waals surface area contributed by atoms with Crippen LogP contribution in [0, 0.1) is 0 Å². The van der Waals surface area contributed by atoms with Crippen molar-refractivity contribution in [3.8, 4) is 0 Å². The lowest BCUT2D eigenvalue weighted by Gasteiger charge is -2.28. The van der Waals surface area contributed by atoms with Crippen LogP contribution in [0.2, 0.25) is 0 Å². The zero-order valence-corrected chi connectivity index (χ0v) is 14.1. The number of hydrogen-bond acceptors (Lipinski definition) is 4. The van der Waals surface area contributed by atoms with Crippen molar-refractivity contribution in [1.82, 2.24) is 10.2 Å². The largest absolute Gasteiger partial charge is 0.362 e. The highest BCUT2D eigenvalue weighted by Crippen LogP contribution is 2.38. The third kappa shape index (κ3) is 2.95. The molecule has 1 aromatic rings. The molecule has 2 fully saturated rings. The zero-order valence-electron chi connectivity index (χ0n) is 13.3. The quantitative estimate of drug-likeness (QED) is 0.647. The van der Waals surface area contributed by atoms with Crippen molar-refractivity contribution in [3.63, 3.8) is 0 Å². The Hall–Kier alpha value is -1.24. The minimum Gasteiger partial charge on any atom is -0.362 e. The van der Waals surface area contributed by atoms with Crippen LogP contribution < -0.4 is 5.32 Å². The van der Waals surface area contributed by atoms with Crippen molar-refractivity contribution in [1.29, 1.82) is 0 Å². The molecule has 1 N–H and O–H groups in total. The van der Waals surface area contributed by atoms with Gasteiger partial charge in [0.05, 0.1) is 26.2 Å². The minimum absolute atomic E-state index is 0.185. The van der Waals surface area contributed by atoms with E-state index in [-0.39, 0.29) is 12.1 Å². The highest BCUT2D eigenvalue weighted by molar-refractivity contribution is 7.91. The number of carbonyl (C=O) groups excluding carboxylic acids is 1. The fourth-order valence-electron chi connectivity index (χ4n) is 3.69. The summed E-state index contributed by atoms with van der Waals surface area (Å²) in [6.45, 7) is 1.17. The molecule has 2 aliphatic heterocycles. The second-order valence-electron chi connectivity index (χ2n) is 6.60. The topological polar surface area (TPSA) is 58.6 Å². The first-order valence-electron chi connectivity index (χ1n) is 8.33. The van der Waals surface area contributed by atoms with Crippen LogP contribution in [0.3, 0.4) is 0 Å². The van der Waals surface area contributed by atoms with Crippen molar-refractivity contribution in [3.05, 3.63) is 23.8 Å². The highest BCUT2D eigenvalue weighted by atomic mass is 32.2. The van der Waals surface area contributed by atoms with Gasteiger partial charge < -0.3 is 10.1 Å². The summed E-state index contributed by atoms with van der Waals surface area (Å²) < 4.78 is 17.2. The monoisotopic (exact) mass is 334 g/mol. The van der Waals surface area contributed by atoms with Gasteiger partial charge in [0.25, 0.3) is 5.91 Å². The summed E-state index contributed by atoms with van der Waals surface area (Å²) in [6, 6.07) is 6.58. The first-order valence-corrected chi connectivity index (χ1v) is 9.48. The van der Waals surface area contributed by atoms with Crippen LogP contribution in [0.5, 0.6) is 0 Å². The van der Waals surface area contributed by atoms with Gasteiger partial charge >= 0.3 is 0 Å². The number of carbonyl (C=O) groups is 1. The van der Waals surface area contributed by atoms with Gasteiger partial charge in [0, 0.05) is 25.6 Å². The molecule has 0 aromatic heterocycles. The van der Waals surface area contributed by atoms with Gasteiger partial charge in [0.2, 0.25) is 0 Å². The summed E-state index contributed by atoms with van der Waals surface area (Å²) in [7, 11) is 0.555. The average Bonchev–Trinajstić information content (AvgIpc) is 3.47. The van der Waals surface area contributed by atoms with Gasteiger partial charge in [-0.2, -0.15) is 0 Å². The number of methoxy groups -OCH3 is 1. The van der Waals surface area contributed by atoms with Gasteiger partial charge in [-0.3, -0.25) is 9.69 Å². The zero-order chi connectivity index (χ0) is 16.0. The molecule has 5 nitrogen and oxygen atoms in total. The molecule has 6 heteroatoms. The molecule has 3 unspecified atom stereocenters. The van der Waals surface area contributed by atoms with E-state index < -0.39 is 10.8 Å². The number of nitrogens with one attached hydrogen (secondary N) is 1. The summed E-state index contributed by atoms with van der Waals surface area (Å²) in [4.78, 5) is 16.5. The lowest BCUT2D eigenvalue weighted by atomic mass is 10.1. The number of likely N-dealkylation sites (tertiary alicyclic amines) is 1. The Kier molecular flexibility index (Phi) is 3.99.